The van der Waals surface area contributed by atoms with Gasteiger partial charge in [0.1, 0.15) is 0 Å². The zero-order chi connectivity index (χ0) is 9.52. The molecule has 13 heavy (non-hydrogen) atoms. The molecule has 0 aromatic carbocycles. The molecule has 0 unspecified atom stereocenters. The van der Waals surface area contributed by atoms with Crippen LogP contribution in [0.1, 0.15) is 39.0 Å². The van der Waals surface area contributed by atoms with Crippen molar-refractivity contribution in [1.29, 1.82) is 0 Å². The molecule has 1 aliphatic carbocycles. The summed E-state index contributed by atoms with van der Waals surface area (Å²) in [5.74, 6) is 1.81. The Hall–Kier alpha value is -0.720. The molecule has 1 saturated carbocycles. The molecule has 0 aromatic heterocycles. The number of allylic oxidation sites excluding steroid dienone is 3. The van der Waals surface area contributed by atoms with Crippen molar-refractivity contribution >= 4 is 0 Å². The van der Waals surface area contributed by atoms with Crippen LogP contribution in [0.4, 0.5) is 0 Å². The molecule has 1 fully saturated rings. The van der Waals surface area contributed by atoms with E-state index >= 15 is 0 Å². The largest absolute Gasteiger partial charge is 0.498 e. The maximum atomic E-state index is 5.61. The van der Waals surface area contributed by atoms with Crippen molar-refractivity contribution in [2.75, 3.05) is 6.61 Å². The summed E-state index contributed by atoms with van der Waals surface area (Å²) in [6.45, 7) is 6.54. The molecule has 74 valence electrons. The Bertz CT molecular complexity index is 176. The van der Waals surface area contributed by atoms with Crippen LogP contribution in [-0.2, 0) is 4.74 Å². The average molecular weight is 180 g/mol. The number of hydrogen-bond donors (Lipinski definition) is 0. The minimum absolute atomic E-state index is 0.659. The Kier molecular flexibility index (Phi) is 4.66. The highest BCUT2D eigenvalue weighted by atomic mass is 16.5. The number of ether oxygens (including phenoxy) is 1. The highest BCUT2D eigenvalue weighted by Crippen LogP contribution is 2.30. The lowest BCUT2D eigenvalue weighted by Crippen LogP contribution is -2.11. The average Bonchev–Trinajstić information content (AvgIpc) is 2.19. The maximum Gasteiger partial charge on any atom is 0.0990 e. The first-order chi connectivity index (χ1) is 6.38. The third-order valence-electron chi connectivity index (χ3n) is 2.60. The lowest BCUT2D eigenvalue weighted by Gasteiger charge is -2.23. The Labute approximate surface area is 81.5 Å². The van der Waals surface area contributed by atoms with E-state index in [1.165, 1.54) is 32.1 Å². The third-order valence-corrected chi connectivity index (χ3v) is 2.60. The lowest BCUT2D eigenvalue weighted by molar-refractivity contribution is 0.172. The molecule has 0 aliphatic heterocycles. The molecular formula is C12H20O. The molecular weight excluding hydrogens is 160 g/mol. The molecule has 0 spiro atoms. The Morgan fingerprint density at radius 1 is 1.38 bits per heavy atom. The first kappa shape index (κ1) is 10.4. The second-order valence-electron chi connectivity index (χ2n) is 3.57. The first-order valence-corrected chi connectivity index (χ1v) is 5.34. The van der Waals surface area contributed by atoms with Crippen LogP contribution < -0.4 is 0 Å². The van der Waals surface area contributed by atoms with Crippen molar-refractivity contribution in [2.24, 2.45) is 5.92 Å². The minimum atomic E-state index is 0.659. The molecule has 0 aromatic rings. The van der Waals surface area contributed by atoms with E-state index in [1.54, 1.807) is 0 Å². The van der Waals surface area contributed by atoms with Gasteiger partial charge in [-0.3, -0.25) is 0 Å². The van der Waals surface area contributed by atoms with E-state index in [0.29, 0.717) is 5.92 Å². The van der Waals surface area contributed by atoms with Crippen LogP contribution in [0.5, 0.6) is 0 Å². The van der Waals surface area contributed by atoms with Gasteiger partial charge in [0.15, 0.2) is 0 Å². The highest BCUT2D eigenvalue weighted by molar-refractivity contribution is 5.08. The Morgan fingerprint density at radius 3 is 2.62 bits per heavy atom. The maximum absolute atomic E-state index is 5.61. The Balaban J connectivity index is 2.51. The minimum Gasteiger partial charge on any atom is -0.498 e. The molecule has 1 nitrogen and oxygen atoms in total. The van der Waals surface area contributed by atoms with Crippen molar-refractivity contribution in [3.8, 4) is 0 Å². The SMILES string of the molecule is C=C/C=C(/OCC)C1CCCCC1. The molecule has 1 heteroatoms. The van der Waals surface area contributed by atoms with Crippen LogP contribution in [0.25, 0.3) is 0 Å². The van der Waals surface area contributed by atoms with E-state index in [-0.39, 0.29) is 0 Å². The topological polar surface area (TPSA) is 9.23 Å². The molecule has 1 aliphatic rings. The van der Waals surface area contributed by atoms with E-state index < -0.39 is 0 Å². The summed E-state index contributed by atoms with van der Waals surface area (Å²) in [7, 11) is 0. The lowest BCUT2D eigenvalue weighted by atomic mass is 9.87. The normalized spacial score (nSPS) is 19.9. The standard InChI is InChI=1S/C12H20O/c1-3-8-12(13-4-2)11-9-6-5-7-10-11/h3,8,11H,1,4-7,9-10H2,2H3/b12-8+. The van der Waals surface area contributed by atoms with E-state index in [9.17, 15) is 0 Å². The molecule has 0 radical (unpaired) electrons. The van der Waals surface area contributed by atoms with Crippen molar-refractivity contribution in [3.63, 3.8) is 0 Å². The summed E-state index contributed by atoms with van der Waals surface area (Å²) in [5, 5.41) is 0. The fraction of sp³-hybridized carbons (Fsp3) is 0.667. The molecule has 0 bridgehead atoms. The number of rotatable bonds is 4. The predicted octanol–water partition coefficient (Wildman–Crippen LogP) is 3.67. The van der Waals surface area contributed by atoms with Crippen LogP contribution >= 0.6 is 0 Å². The summed E-state index contributed by atoms with van der Waals surface area (Å²) < 4.78 is 5.61. The van der Waals surface area contributed by atoms with Gasteiger partial charge in [0.2, 0.25) is 0 Å². The van der Waals surface area contributed by atoms with E-state index in [2.05, 4.69) is 6.58 Å². The fourth-order valence-electron chi connectivity index (χ4n) is 1.97. The van der Waals surface area contributed by atoms with Crippen LogP contribution in [0, 0.1) is 5.92 Å². The van der Waals surface area contributed by atoms with Gasteiger partial charge in [0, 0.05) is 5.92 Å². The quantitative estimate of drug-likeness (QED) is 0.474. The molecule has 0 N–H and O–H groups in total. The summed E-state index contributed by atoms with van der Waals surface area (Å²) in [5.41, 5.74) is 0. The van der Waals surface area contributed by atoms with Crippen LogP contribution in [0.2, 0.25) is 0 Å². The van der Waals surface area contributed by atoms with Crippen molar-refractivity contribution < 1.29 is 4.74 Å². The second kappa shape index (κ2) is 5.85. The van der Waals surface area contributed by atoms with Gasteiger partial charge in [0.05, 0.1) is 12.4 Å². The zero-order valence-electron chi connectivity index (χ0n) is 8.59. The van der Waals surface area contributed by atoms with E-state index in [0.717, 1.165) is 12.4 Å². The molecule has 0 amide bonds. The van der Waals surface area contributed by atoms with Crippen LogP contribution in [0.15, 0.2) is 24.5 Å². The summed E-state index contributed by atoms with van der Waals surface area (Å²) >= 11 is 0. The molecule has 0 heterocycles. The predicted molar refractivity (Wildman–Crippen MR) is 56.5 cm³/mol. The summed E-state index contributed by atoms with van der Waals surface area (Å²) in [6.07, 6.45) is 10.5. The zero-order valence-corrected chi connectivity index (χ0v) is 8.59. The van der Waals surface area contributed by atoms with Crippen molar-refractivity contribution in [2.45, 2.75) is 39.0 Å². The van der Waals surface area contributed by atoms with Gasteiger partial charge in [-0.1, -0.05) is 31.9 Å². The highest BCUT2D eigenvalue weighted by Gasteiger charge is 2.17. The van der Waals surface area contributed by atoms with Gasteiger partial charge in [-0.2, -0.15) is 0 Å². The summed E-state index contributed by atoms with van der Waals surface area (Å²) in [6, 6.07) is 0. The Morgan fingerprint density at radius 2 is 2.08 bits per heavy atom. The second-order valence-corrected chi connectivity index (χ2v) is 3.57. The van der Waals surface area contributed by atoms with E-state index in [1.807, 2.05) is 19.1 Å². The smallest absolute Gasteiger partial charge is 0.0990 e. The van der Waals surface area contributed by atoms with Gasteiger partial charge in [-0.25, -0.2) is 0 Å². The van der Waals surface area contributed by atoms with E-state index in [4.69, 9.17) is 4.74 Å². The fourth-order valence-corrected chi connectivity index (χ4v) is 1.97. The molecule has 0 atom stereocenters. The van der Waals surface area contributed by atoms with Gasteiger partial charge >= 0.3 is 0 Å². The molecule has 0 saturated heterocycles. The third kappa shape index (κ3) is 3.25. The van der Waals surface area contributed by atoms with Gasteiger partial charge in [0.25, 0.3) is 0 Å². The van der Waals surface area contributed by atoms with Gasteiger partial charge in [-0.15, -0.1) is 0 Å². The number of hydrogen-bond acceptors (Lipinski definition) is 1. The molecule has 1 rings (SSSR count). The van der Waals surface area contributed by atoms with Crippen molar-refractivity contribution in [3.05, 3.63) is 24.5 Å². The monoisotopic (exact) mass is 180 g/mol. The van der Waals surface area contributed by atoms with Crippen LogP contribution in [0.3, 0.4) is 0 Å². The van der Waals surface area contributed by atoms with Crippen molar-refractivity contribution in [1.82, 2.24) is 0 Å². The van der Waals surface area contributed by atoms with Gasteiger partial charge in [-0.05, 0) is 25.8 Å². The first-order valence-electron chi connectivity index (χ1n) is 5.34. The summed E-state index contributed by atoms with van der Waals surface area (Å²) in [4.78, 5) is 0. The van der Waals surface area contributed by atoms with Gasteiger partial charge < -0.3 is 4.74 Å². The van der Waals surface area contributed by atoms with Crippen LogP contribution in [-0.4, -0.2) is 6.61 Å².